The molecular weight excluding hydrogens is 258 g/mol. The lowest BCUT2D eigenvalue weighted by Crippen LogP contribution is -2.25. The summed E-state index contributed by atoms with van der Waals surface area (Å²) in [5, 5.41) is 11.7. The van der Waals surface area contributed by atoms with E-state index in [-0.39, 0.29) is 11.7 Å². The van der Waals surface area contributed by atoms with Crippen molar-refractivity contribution in [1.29, 1.82) is 0 Å². The number of carboxylic acids is 1. The number of carbonyl (C=O) groups is 3. The molecule has 20 heavy (non-hydrogen) atoms. The maximum absolute atomic E-state index is 12.3. The van der Waals surface area contributed by atoms with Gasteiger partial charge in [0.2, 0.25) is 5.91 Å². The summed E-state index contributed by atoms with van der Waals surface area (Å²) in [5.74, 6) is -2.19. The second-order valence-corrected chi connectivity index (χ2v) is 5.10. The van der Waals surface area contributed by atoms with Crippen LogP contribution in [0.4, 0.5) is 5.69 Å². The number of carbonyl (C=O) groups excluding carboxylic acids is 2. The third-order valence-electron chi connectivity index (χ3n) is 3.66. The molecule has 0 aliphatic heterocycles. The summed E-state index contributed by atoms with van der Waals surface area (Å²) >= 11 is 0. The molecule has 2 unspecified atom stereocenters. The van der Waals surface area contributed by atoms with E-state index in [4.69, 9.17) is 5.11 Å². The minimum absolute atomic E-state index is 0.121. The smallest absolute Gasteiger partial charge is 0.307 e. The van der Waals surface area contributed by atoms with Crippen molar-refractivity contribution in [3.8, 4) is 0 Å². The minimum atomic E-state index is -0.893. The van der Waals surface area contributed by atoms with Gasteiger partial charge in [-0.15, -0.1) is 0 Å². The maximum atomic E-state index is 12.3. The summed E-state index contributed by atoms with van der Waals surface area (Å²) in [6, 6.07) is 6.56. The Labute approximate surface area is 117 Å². The molecule has 1 aliphatic rings. The predicted octanol–water partition coefficient (Wildman–Crippen LogP) is 2.33. The number of anilines is 1. The lowest BCUT2D eigenvalue weighted by Gasteiger charge is -2.14. The van der Waals surface area contributed by atoms with Crippen LogP contribution in [0, 0.1) is 11.8 Å². The molecule has 1 saturated carbocycles. The molecule has 5 heteroatoms. The third kappa shape index (κ3) is 3.04. The molecule has 2 atom stereocenters. The lowest BCUT2D eigenvalue weighted by atomic mass is 9.88. The number of benzene rings is 1. The average Bonchev–Trinajstić information content (AvgIpc) is 2.87. The summed E-state index contributed by atoms with van der Waals surface area (Å²) in [5.41, 5.74) is 1.12. The van der Waals surface area contributed by atoms with Crippen molar-refractivity contribution in [2.75, 3.05) is 5.32 Å². The zero-order chi connectivity index (χ0) is 14.7. The van der Waals surface area contributed by atoms with Gasteiger partial charge in [0.05, 0.1) is 5.92 Å². The van der Waals surface area contributed by atoms with Crippen LogP contribution in [0.2, 0.25) is 0 Å². The van der Waals surface area contributed by atoms with Gasteiger partial charge < -0.3 is 10.4 Å². The summed E-state index contributed by atoms with van der Waals surface area (Å²) in [4.78, 5) is 34.4. The van der Waals surface area contributed by atoms with Crippen LogP contribution in [0.25, 0.3) is 0 Å². The Balaban J connectivity index is 2.13. The second-order valence-electron chi connectivity index (χ2n) is 5.10. The van der Waals surface area contributed by atoms with Crippen LogP contribution in [-0.2, 0) is 9.59 Å². The molecule has 106 valence electrons. The number of nitrogens with one attached hydrogen (secondary N) is 1. The summed E-state index contributed by atoms with van der Waals surface area (Å²) in [6.07, 6.45) is 1.97. The molecule has 0 aromatic heterocycles. The molecule has 1 aliphatic carbocycles. The first-order valence-electron chi connectivity index (χ1n) is 6.63. The lowest BCUT2D eigenvalue weighted by molar-refractivity contribution is -0.142. The fourth-order valence-corrected chi connectivity index (χ4v) is 2.70. The van der Waals surface area contributed by atoms with Gasteiger partial charge in [-0.2, -0.15) is 0 Å². The first-order valence-corrected chi connectivity index (χ1v) is 6.63. The van der Waals surface area contributed by atoms with Crippen molar-refractivity contribution in [3.63, 3.8) is 0 Å². The van der Waals surface area contributed by atoms with Gasteiger partial charge >= 0.3 is 5.97 Å². The van der Waals surface area contributed by atoms with E-state index in [2.05, 4.69) is 5.32 Å². The van der Waals surface area contributed by atoms with E-state index in [1.807, 2.05) is 0 Å². The van der Waals surface area contributed by atoms with Gasteiger partial charge in [-0.3, -0.25) is 14.4 Å². The Morgan fingerprint density at radius 3 is 2.25 bits per heavy atom. The highest BCUT2D eigenvalue weighted by Gasteiger charge is 2.37. The predicted molar refractivity (Wildman–Crippen MR) is 73.5 cm³/mol. The van der Waals surface area contributed by atoms with Gasteiger partial charge in [0.25, 0.3) is 0 Å². The van der Waals surface area contributed by atoms with Crippen LogP contribution in [-0.4, -0.2) is 22.8 Å². The molecule has 2 rings (SSSR count). The number of aliphatic carboxylic acids is 1. The molecule has 5 nitrogen and oxygen atoms in total. The zero-order valence-corrected chi connectivity index (χ0v) is 11.3. The largest absolute Gasteiger partial charge is 0.481 e. The summed E-state index contributed by atoms with van der Waals surface area (Å²) < 4.78 is 0. The van der Waals surface area contributed by atoms with Gasteiger partial charge in [-0.05, 0) is 37.1 Å². The van der Waals surface area contributed by atoms with Gasteiger partial charge in [0.1, 0.15) is 0 Å². The average molecular weight is 275 g/mol. The molecule has 1 aromatic carbocycles. The number of rotatable bonds is 4. The van der Waals surface area contributed by atoms with Crippen molar-refractivity contribution in [1.82, 2.24) is 0 Å². The van der Waals surface area contributed by atoms with Crippen LogP contribution in [0.5, 0.6) is 0 Å². The maximum Gasteiger partial charge on any atom is 0.307 e. The van der Waals surface area contributed by atoms with Gasteiger partial charge in [0, 0.05) is 24.1 Å². The number of ketones is 1. The topological polar surface area (TPSA) is 83.5 Å². The zero-order valence-electron chi connectivity index (χ0n) is 11.3. The Bertz CT molecular complexity index is 535. The molecule has 0 radical (unpaired) electrons. The number of hydrogen-bond donors (Lipinski definition) is 2. The summed E-state index contributed by atoms with van der Waals surface area (Å²) in [6.45, 7) is 1.41. The van der Waals surface area contributed by atoms with E-state index in [9.17, 15) is 14.4 Å². The van der Waals surface area contributed by atoms with Crippen LogP contribution >= 0.6 is 0 Å². The highest BCUT2D eigenvalue weighted by Crippen LogP contribution is 2.34. The van der Waals surface area contributed by atoms with Crippen molar-refractivity contribution in [3.05, 3.63) is 29.8 Å². The molecular formula is C15H17NO4. The molecule has 2 N–H and O–H groups in total. The van der Waals surface area contributed by atoms with Gasteiger partial charge in [-0.25, -0.2) is 0 Å². The number of amides is 1. The Morgan fingerprint density at radius 1 is 1.10 bits per heavy atom. The normalized spacial score (nSPS) is 21.4. The highest BCUT2D eigenvalue weighted by molar-refractivity contribution is 6.00. The number of Topliss-reactive ketones (excluding diaryl/α,β-unsaturated/α-hetero) is 1. The molecule has 0 bridgehead atoms. The quantitative estimate of drug-likeness (QED) is 0.826. The Morgan fingerprint density at radius 2 is 1.70 bits per heavy atom. The van der Waals surface area contributed by atoms with Crippen LogP contribution < -0.4 is 5.32 Å². The second kappa shape index (κ2) is 5.86. The van der Waals surface area contributed by atoms with Crippen molar-refractivity contribution < 1.29 is 19.5 Å². The van der Waals surface area contributed by atoms with E-state index in [1.165, 1.54) is 6.92 Å². The standard InChI is InChI=1S/C15H17NO4/c1-9(17)16-11-7-5-10(6-8-11)14(18)12-3-2-4-13(12)15(19)20/h5-8,12-13H,2-4H2,1H3,(H,16,17)(H,19,20). The fraction of sp³-hybridized carbons (Fsp3) is 0.400. The Kier molecular flexibility index (Phi) is 4.17. The molecule has 0 spiro atoms. The monoisotopic (exact) mass is 275 g/mol. The molecule has 1 amide bonds. The molecule has 0 saturated heterocycles. The van der Waals surface area contributed by atoms with Crippen LogP contribution in [0.1, 0.15) is 36.5 Å². The van der Waals surface area contributed by atoms with Gasteiger partial charge in [-0.1, -0.05) is 6.42 Å². The van der Waals surface area contributed by atoms with E-state index in [0.717, 1.165) is 6.42 Å². The fourth-order valence-electron chi connectivity index (χ4n) is 2.70. The molecule has 0 heterocycles. The van der Waals surface area contributed by atoms with E-state index < -0.39 is 17.8 Å². The van der Waals surface area contributed by atoms with Crippen molar-refractivity contribution in [2.24, 2.45) is 11.8 Å². The number of hydrogen-bond acceptors (Lipinski definition) is 3. The molecule has 1 aromatic rings. The van der Waals surface area contributed by atoms with Crippen molar-refractivity contribution >= 4 is 23.3 Å². The van der Waals surface area contributed by atoms with Gasteiger partial charge in [0.15, 0.2) is 5.78 Å². The summed E-state index contributed by atoms with van der Waals surface area (Å²) in [7, 11) is 0. The van der Waals surface area contributed by atoms with Crippen LogP contribution in [0.3, 0.4) is 0 Å². The van der Waals surface area contributed by atoms with Crippen molar-refractivity contribution in [2.45, 2.75) is 26.2 Å². The SMILES string of the molecule is CC(=O)Nc1ccc(C(=O)C2CCCC2C(=O)O)cc1. The Hall–Kier alpha value is -2.17. The van der Waals surface area contributed by atoms with Crippen LogP contribution in [0.15, 0.2) is 24.3 Å². The van der Waals surface area contributed by atoms with E-state index in [1.54, 1.807) is 24.3 Å². The first-order chi connectivity index (χ1) is 9.49. The highest BCUT2D eigenvalue weighted by atomic mass is 16.4. The van der Waals surface area contributed by atoms with E-state index in [0.29, 0.717) is 24.1 Å². The minimum Gasteiger partial charge on any atom is -0.481 e. The third-order valence-corrected chi connectivity index (χ3v) is 3.66. The number of carboxylic acid groups (broad SMARTS) is 1. The van der Waals surface area contributed by atoms with E-state index >= 15 is 0 Å². The first kappa shape index (κ1) is 14.2. The molecule has 1 fully saturated rings.